The second-order valence-corrected chi connectivity index (χ2v) is 13.2. The zero-order valence-corrected chi connectivity index (χ0v) is 24.4. The van der Waals surface area contributed by atoms with Crippen LogP contribution in [0.5, 0.6) is 11.5 Å². The fraction of sp³-hybridized carbons (Fsp3) is 0.400. The number of nitrogens with zero attached hydrogens (tertiary/aromatic N) is 1. The molecule has 0 radical (unpaired) electrons. The Balaban J connectivity index is 1.57. The van der Waals surface area contributed by atoms with Gasteiger partial charge in [-0.05, 0) is 56.6 Å². The molecule has 0 amide bonds. The second kappa shape index (κ2) is 9.82. The molecular weight excluding hydrogens is 607 g/mol. The van der Waals surface area contributed by atoms with Gasteiger partial charge >= 0.3 is 11.9 Å². The maximum absolute atomic E-state index is 13.5. The van der Waals surface area contributed by atoms with E-state index in [1.807, 2.05) is 27.7 Å². The Bertz CT molecular complexity index is 1520. The number of hydrogen-bond donors (Lipinski definition) is 0. The number of halogens is 4. The second-order valence-electron chi connectivity index (χ2n) is 12.3. The number of carbonyl (C=O) groups is 2. The lowest BCUT2D eigenvalue weighted by molar-refractivity contribution is -0.385. The van der Waals surface area contributed by atoms with Gasteiger partial charge in [0.1, 0.15) is 17.3 Å². The predicted molar refractivity (Wildman–Crippen MR) is 146 cm³/mol. The standard InChI is InChI=1S/C30H27BrF3NO6/c1-28(2)11-19(36)26-23(13-28)41-24-14-29(3,4)12-20(37)27(24)25(26)15-5-7-21(17(31)9-15)40-22-8-6-16(30(32,33)34)10-18(22)35(38)39/h5-10,25H,11-14H2,1-4H3. The summed E-state index contributed by atoms with van der Waals surface area (Å²) in [5.41, 5.74) is -1.08. The number of nitro benzene ring substituents is 1. The fourth-order valence-electron chi connectivity index (χ4n) is 5.83. The molecule has 0 N–H and O–H groups in total. The molecule has 5 rings (SSSR count). The van der Waals surface area contributed by atoms with Crippen LogP contribution in [0.2, 0.25) is 0 Å². The highest BCUT2D eigenvalue weighted by Crippen LogP contribution is 2.54. The molecule has 3 aliphatic rings. The van der Waals surface area contributed by atoms with Gasteiger partial charge in [0.2, 0.25) is 5.75 Å². The highest BCUT2D eigenvalue weighted by Gasteiger charge is 2.48. The maximum atomic E-state index is 13.5. The zero-order chi connectivity index (χ0) is 30.1. The number of ketones is 2. The summed E-state index contributed by atoms with van der Waals surface area (Å²) in [6, 6.07) is 6.86. The molecule has 0 unspecified atom stereocenters. The molecule has 0 bridgehead atoms. The molecule has 7 nitrogen and oxygen atoms in total. The summed E-state index contributed by atoms with van der Waals surface area (Å²) in [6.45, 7) is 7.98. The van der Waals surface area contributed by atoms with Crippen LogP contribution in [0, 0.1) is 20.9 Å². The molecule has 2 aromatic carbocycles. The van der Waals surface area contributed by atoms with Crippen molar-refractivity contribution in [1.82, 2.24) is 0 Å². The van der Waals surface area contributed by atoms with Crippen LogP contribution < -0.4 is 4.74 Å². The normalized spacial score (nSPS) is 20.4. The van der Waals surface area contributed by atoms with Crippen molar-refractivity contribution >= 4 is 33.2 Å². The van der Waals surface area contributed by atoms with Gasteiger partial charge in [0.15, 0.2) is 11.6 Å². The third kappa shape index (κ3) is 5.56. The van der Waals surface area contributed by atoms with E-state index in [2.05, 4.69) is 15.9 Å². The molecule has 41 heavy (non-hydrogen) atoms. The number of nitro groups is 1. The largest absolute Gasteiger partial charge is 0.465 e. The van der Waals surface area contributed by atoms with Crippen LogP contribution in [-0.2, 0) is 20.5 Å². The van der Waals surface area contributed by atoms with Crippen LogP contribution in [0.4, 0.5) is 18.9 Å². The van der Waals surface area contributed by atoms with E-state index < -0.39 is 28.3 Å². The van der Waals surface area contributed by atoms with Gasteiger partial charge in [-0.15, -0.1) is 0 Å². The zero-order valence-electron chi connectivity index (χ0n) is 22.8. The number of Topliss-reactive ketones (excluding diaryl/α,β-unsaturated/α-hetero) is 2. The monoisotopic (exact) mass is 633 g/mol. The minimum absolute atomic E-state index is 0.0951. The van der Waals surface area contributed by atoms with Gasteiger partial charge in [-0.2, -0.15) is 13.2 Å². The van der Waals surface area contributed by atoms with Gasteiger partial charge in [-0.1, -0.05) is 33.8 Å². The van der Waals surface area contributed by atoms with Crippen molar-refractivity contribution < 1.29 is 37.2 Å². The highest BCUT2D eigenvalue weighted by molar-refractivity contribution is 9.10. The molecule has 0 saturated heterocycles. The molecule has 1 aliphatic heterocycles. The summed E-state index contributed by atoms with van der Waals surface area (Å²) in [4.78, 5) is 37.5. The minimum Gasteiger partial charge on any atom is -0.465 e. The van der Waals surface area contributed by atoms with Gasteiger partial charge < -0.3 is 9.47 Å². The molecule has 0 fully saturated rings. The van der Waals surface area contributed by atoms with Gasteiger partial charge in [0.05, 0.1) is 15.0 Å². The summed E-state index contributed by atoms with van der Waals surface area (Å²) in [6.07, 6.45) is -3.08. The Morgan fingerprint density at radius 1 is 0.902 bits per heavy atom. The maximum Gasteiger partial charge on any atom is 0.416 e. The van der Waals surface area contributed by atoms with Crippen molar-refractivity contribution in [2.75, 3.05) is 0 Å². The van der Waals surface area contributed by atoms with Crippen molar-refractivity contribution in [3.05, 3.63) is 84.8 Å². The molecule has 216 valence electrons. The molecule has 2 aliphatic carbocycles. The predicted octanol–water partition coefficient (Wildman–Crippen LogP) is 8.57. The van der Waals surface area contributed by atoms with Gasteiger partial charge in [-0.3, -0.25) is 19.7 Å². The summed E-state index contributed by atoms with van der Waals surface area (Å²) >= 11 is 3.41. The summed E-state index contributed by atoms with van der Waals surface area (Å²) in [5, 5.41) is 11.5. The van der Waals surface area contributed by atoms with Gasteiger partial charge in [0.25, 0.3) is 0 Å². The SMILES string of the molecule is CC1(C)CC(=O)C2=C(C1)OC1=C(C(=O)CC(C)(C)C1)C2c1ccc(Oc2ccc(C(F)(F)F)cc2[N+](=O)[O-])c(Br)c1. The highest BCUT2D eigenvalue weighted by atomic mass is 79.9. The van der Waals surface area contributed by atoms with Crippen molar-refractivity contribution in [2.24, 2.45) is 10.8 Å². The van der Waals surface area contributed by atoms with E-state index in [1.165, 1.54) is 6.07 Å². The number of hydrogen-bond acceptors (Lipinski definition) is 6. The van der Waals surface area contributed by atoms with Crippen LogP contribution in [0.3, 0.4) is 0 Å². The Hall–Kier alpha value is -3.47. The molecule has 0 spiro atoms. The van der Waals surface area contributed by atoms with Crippen molar-refractivity contribution in [1.29, 1.82) is 0 Å². The van der Waals surface area contributed by atoms with Crippen LogP contribution in [0.15, 0.2) is 63.5 Å². The molecule has 0 aromatic heterocycles. The van der Waals surface area contributed by atoms with E-state index >= 15 is 0 Å². The van der Waals surface area contributed by atoms with Gasteiger partial charge in [0, 0.05) is 48.8 Å². The fourth-order valence-corrected chi connectivity index (χ4v) is 6.31. The Morgan fingerprint density at radius 2 is 1.44 bits per heavy atom. The quantitative estimate of drug-likeness (QED) is 0.247. The number of benzene rings is 2. The van der Waals surface area contributed by atoms with E-state index in [1.54, 1.807) is 12.1 Å². The van der Waals surface area contributed by atoms with E-state index in [0.29, 0.717) is 70.5 Å². The lowest BCUT2D eigenvalue weighted by Gasteiger charge is -2.42. The van der Waals surface area contributed by atoms with Crippen molar-refractivity contribution in [2.45, 2.75) is 65.5 Å². The lowest BCUT2D eigenvalue weighted by atomic mass is 9.65. The summed E-state index contributed by atoms with van der Waals surface area (Å²) in [5.74, 6) is 0.0250. The smallest absolute Gasteiger partial charge is 0.416 e. The Labute approximate surface area is 242 Å². The number of allylic oxidation sites excluding steroid dienone is 4. The van der Waals surface area contributed by atoms with E-state index in [4.69, 9.17) is 9.47 Å². The van der Waals surface area contributed by atoms with E-state index in [0.717, 1.165) is 6.07 Å². The summed E-state index contributed by atoms with van der Waals surface area (Å²) < 4.78 is 51.7. The van der Waals surface area contributed by atoms with Crippen LogP contribution in [0.25, 0.3) is 0 Å². The number of ether oxygens (including phenoxy) is 2. The van der Waals surface area contributed by atoms with Crippen LogP contribution >= 0.6 is 15.9 Å². The van der Waals surface area contributed by atoms with Crippen molar-refractivity contribution in [3.63, 3.8) is 0 Å². The Morgan fingerprint density at radius 3 is 1.93 bits per heavy atom. The van der Waals surface area contributed by atoms with E-state index in [9.17, 15) is 32.9 Å². The molecule has 2 aromatic rings. The summed E-state index contributed by atoms with van der Waals surface area (Å²) in [7, 11) is 0. The van der Waals surface area contributed by atoms with E-state index in [-0.39, 0.29) is 33.9 Å². The molecule has 0 atom stereocenters. The first-order chi connectivity index (χ1) is 19.0. The first-order valence-corrected chi connectivity index (χ1v) is 13.8. The first-order valence-electron chi connectivity index (χ1n) is 13.0. The Kier molecular flexibility index (Phi) is 6.95. The molecule has 0 saturated carbocycles. The third-order valence-electron chi connectivity index (χ3n) is 7.57. The number of alkyl halides is 3. The third-order valence-corrected chi connectivity index (χ3v) is 8.19. The molecule has 1 heterocycles. The lowest BCUT2D eigenvalue weighted by Crippen LogP contribution is -2.37. The minimum atomic E-state index is -4.76. The number of carbonyl (C=O) groups excluding carboxylic acids is 2. The topological polar surface area (TPSA) is 95.7 Å². The average molecular weight is 634 g/mol. The van der Waals surface area contributed by atoms with Crippen LogP contribution in [-0.4, -0.2) is 16.5 Å². The first kappa shape index (κ1) is 29.0. The number of rotatable bonds is 4. The van der Waals surface area contributed by atoms with Gasteiger partial charge in [-0.25, -0.2) is 0 Å². The molecule has 11 heteroatoms. The van der Waals surface area contributed by atoms with Crippen molar-refractivity contribution in [3.8, 4) is 11.5 Å². The van der Waals surface area contributed by atoms with Crippen LogP contribution in [0.1, 0.15) is 70.4 Å². The average Bonchev–Trinajstić information content (AvgIpc) is 2.81. The molecular formula is C30H27BrF3NO6.